The SMILES string of the molecule is ClCC12OOC1(CCl)O2. The quantitative estimate of drug-likeness (QED) is 0.350. The van der Waals surface area contributed by atoms with E-state index in [0.717, 1.165) is 0 Å². The number of hydrogen-bond acceptors (Lipinski definition) is 3. The Kier molecular flexibility index (Phi) is 1.06. The summed E-state index contributed by atoms with van der Waals surface area (Å²) in [7, 11) is 0. The molecule has 2 heterocycles. The van der Waals surface area contributed by atoms with E-state index in [1.807, 2.05) is 0 Å². The zero-order chi connectivity index (χ0) is 6.54. The Morgan fingerprint density at radius 1 is 1.00 bits per heavy atom. The zero-order valence-corrected chi connectivity index (χ0v) is 5.91. The molecule has 0 aliphatic carbocycles. The highest BCUT2D eigenvalue weighted by molar-refractivity contribution is 6.20. The molecular weight excluding hydrogens is 167 g/mol. The van der Waals surface area contributed by atoms with Crippen molar-refractivity contribution < 1.29 is 14.5 Å². The Balaban J connectivity index is 2.09. The summed E-state index contributed by atoms with van der Waals surface area (Å²) in [5.74, 6) is -0.897. The molecule has 0 spiro atoms. The lowest BCUT2D eigenvalue weighted by molar-refractivity contribution is -0.453. The van der Waals surface area contributed by atoms with Gasteiger partial charge in [-0.25, -0.2) is 0 Å². The van der Waals surface area contributed by atoms with Gasteiger partial charge in [0.15, 0.2) is 0 Å². The van der Waals surface area contributed by atoms with E-state index in [0.29, 0.717) is 0 Å². The first-order chi connectivity index (χ1) is 4.29. The highest BCUT2D eigenvalue weighted by Gasteiger charge is 2.83. The summed E-state index contributed by atoms with van der Waals surface area (Å²) >= 11 is 10.9. The second kappa shape index (κ2) is 1.54. The van der Waals surface area contributed by atoms with Gasteiger partial charge in [-0.2, -0.15) is 9.78 Å². The van der Waals surface area contributed by atoms with E-state index >= 15 is 0 Å². The van der Waals surface area contributed by atoms with Crippen molar-refractivity contribution in [1.82, 2.24) is 0 Å². The molecule has 0 aromatic rings. The molecule has 2 aliphatic rings. The van der Waals surface area contributed by atoms with Gasteiger partial charge in [0.2, 0.25) is 0 Å². The van der Waals surface area contributed by atoms with Gasteiger partial charge in [0.05, 0.1) is 11.8 Å². The van der Waals surface area contributed by atoms with Crippen LogP contribution in [0.5, 0.6) is 0 Å². The van der Waals surface area contributed by atoms with Crippen LogP contribution in [0.25, 0.3) is 0 Å². The van der Waals surface area contributed by atoms with E-state index in [2.05, 4.69) is 9.78 Å². The fourth-order valence-electron chi connectivity index (χ4n) is 0.805. The van der Waals surface area contributed by atoms with Crippen molar-refractivity contribution in [3.8, 4) is 0 Å². The third kappa shape index (κ3) is 0.504. The third-order valence-electron chi connectivity index (χ3n) is 1.53. The average molecular weight is 171 g/mol. The first-order valence-electron chi connectivity index (χ1n) is 2.47. The molecule has 0 N–H and O–H groups in total. The maximum Gasteiger partial charge on any atom is 0.276 e. The summed E-state index contributed by atoms with van der Waals surface area (Å²) in [5, 5.41) is 0. The number of hydrogen-bond donors (Lipinski definition) is 0. The van der Waals surface area contributed by atoms with Crippen molar-refractivity contribution in [2.75, 3.05) is 11.8 Å². The maximum atomic E-state index is 5.47. The van der Waals surface area contributed by atoms with E-state index < -0.39 is 11.6 Å². The number of ether oxygens (including phenoxy) is 1. The molecule has 9 heavy (non-hydrogen) atoms. The number of fused-ring (bicyclic) bond motifs is 1. The van der Waals surface area contributed by atoms with Crippen LogP contribution in [0.1, 0.15) is 0 Å². The van der Waals surface area contributed by atoms with Crippen LogP contribution in [0, 0.1) is 0 Å². The summed E-state index contributed by atoms with van der Waals surface area (Å²) in [6.45, 7) is 0. The van der Waals surface area contributed by atoms with Gasteiger partial charge in [0.1, 0.15) is 0 Å². The van der Waals surface area contributed by atoms with Gasteiger partial charge in [-0.15, -0.1) is 23.2 Å². The van der Waals surface area contributed by atoms with Crippen molar-refractivity contribution in [3.63, 3.8) is 0 Å². The minimum atomic E-state index is -0.712. The molecule has 0 saturated carbocycles. The number of alkyl halides is 2. The molecule has 5 heteroatoms. The normalized spacial score (nSPS) is 54.0. The predicted molar refractivity (Wildman–Crippen MR) is 30.2 cm³/mol. The number of halogens is 2. The Labute approximate surface area is 61.7 Å². The summed E-state index contributed by atoms with van der Waals surface area (Å²) in [6, 6.07) is 0. The van der Waals surface area contributed by atoms with Gasteiger partial charge in [-0.3, -0.25) is 0 Å². The van der Waals surface area contributed by atoms with Crippen LogP contribution in [0.3, 0.4) is 0 Å². The molecule has 2 atom stereocenters. The van der Waals surface area contributed by atoms with Crippen LogP contribution >= 0.6 is 23.2 Å². The van der Waals surface area contributed by atoms with Crippen molar-refractivity contribution in [2.45, 2.75) is 11.6 Å². The van der Waals surface area contributed by atoms with Gasteiger partial charge in [-0.05, 0) is 0 Å². The molecule has 0 amide bonds. The lowest BCUT2D eigenvalue weighted by Gasteiger charge is -2.23. The highest BCUT2D eigenvalue weighted by Crippen LogP contribution is 2.59. The molecular formula is C4H4Cl2O3. The molecule has 0 bridgehead atoms. The Morgan fingerprint density at radius 3 is 1.56 bits per heavy atom. The van der Waals surface area contributed by atoms with Crippen LogP contribution in [0.2, 0.25) is 0 Å². The van der Waals surface area contributed by atoms with Crippen molar-refractivity contribution in [2.24, 2.45) is 0 Å². The Hall–Kier alpha value is 0.460. The van der Waals surface area contributed by atoms with Crippen LogP contribution in [-0.4, -0.2) is 23.3 Å². The lowest BCUT2D eigenvalue weighted by Crippen LogP contribution is -2.45. The summed E-state index contributed by atoms with van der Waals surface area (Å²) in [6.07, 6.45) is 0. The standard InChI is InChI=1S/C4H4Cl2O3/c5-1-3-4(2-6,7-3)9-8-3/h1-2H2. The van der Waals surface area contributed by atoms with Crippen LogP contribution in [0.15, 0.2) is 0 Å². The fourth-order valence-corrected chi connectivity index (χ4v) is 1.41. The van der Waals surface area contributed by atoms with E-state index in [9.17, 15) is 0 Å². The topological polar surface area (TPSA) is 31.0 Å². The molecule has 3 nitrogen and oxygen atoms in total. The van der Waals surface area contributed by atoms with E-state index in [1.54, 1.807) is 0 Å². The molecule has 2 aliphatic heterocycles. The first-order valence-corrected chi connectivity index (χ1v) is 3.54. The number of epoxide rings is 1. The highest BCUT2D eigenvalue weighted by atomic mass is 35.5. The Bertz CT molecular complexity index is 129. The monoisotopic (exact) mass is 170 g/mol. The third-order valence-corrected chi connectivity index (χ3v) is 2.23. The summed E-state index contributed by atoms with van der Waals surface area (Å²) in [5.41, 5.74) is 0. The average Bonchev–Trinajstić information content (AvgIpc) is 2.33. The van der Waals surface area contributed by atoms with Gasteiger partial charge in [-0.1, -0.05) is 0 Å². The predicted octanol–water partition coefficient (Wildman–Crippen LogP) is 0.849. The summed E-state index contributed by atoms with van der Waals surface area (Å²) in [4.78, 5) is 9.19. The smallest absolute Gasteiger partial charge is 0.276 e. The first kappa shape index (κ1) is 6.19. The summed E-state index contributed by atoms with van der Waals surface area (Å²) < 4.78 is 4.99. The van der Waals surface area contributed by atoms with Crippen LogP contribution in [-0.2, 0) is 14.5 Å². The molecule has 52 valence electrons. The van der Waals surface area contributed by atoms with Gasteiger partial charge >= 0.3 is 0 Å². The molecule has 2 saturated heterocycles. The Morgan fingerprint density at radius 2 is 1.44 bits per heavy atom. The molecule has 2 unspecified atom stereocenters. The van der Waals surface area contributed by atoms with E-state index in [-0.39, 0.29) is 11.8 Å². The van der Waals surface area contributed by atoms with Gasteiger partial charge < -0.3 is 4.74 Å². The minimum absolute atomic E-state index is 0.264. The van der Waals surface area contributed by atoms with Crippen LogP contribution in [0.4, 0.5) is 0 Å². The molecule has 2 fully saturated rings. The second-order valence-corrected chi connectivity index (χ2v) is 2.58. The number of rotatable bonds is 2. The van der Waals surface area contributed by atoms with Gasteiger partial charge in [0, 0.05) is 0 Å². The molecule has 0 aromatic heterocycles. The lowest BCUT2D eigenvalue weighted by atomic mass is 10.2. The van der Waals surface area contributed by atoms with E-state index in [1.165, 1.54) is 0 Å². The second-order valence-electron chi connectivity index (χ2n) is 2.04. The van der Waals surface area contributed by atoms with Crippen LogP contribution < -0.4 is 0 Å². The van der Waals surface area contributed by atoms with Gasteiger partial charge in [0.25, 0.3) is 11.6 Å². The van der Waals surface area contributed by atoms with Crippen molar-refractivity contribution in [3.05, 3.63) is 0 Å². The maximum absolute atomic E-state index is 5.47. The minimum Gasteiger partial charge on any atom is -0.300 e. The van der Waals surface area contributed by atoms with Crippen molar-refractivity contribution in [1.29, 1.82) is 0 Å². The molecule has 0 aromatic carbocycles. The largest absolute Gasteiger partial charge is 0.300 e. The van der Waals surface area contributed by atoms with Crippen molar-refractivity contribution >= 4 is 23.2 Å². The van der Waals surface area contributed by atoms with E-state index in [4.69, 9.17) is 27.9 Å². The fraction of sp³-hybridized carbons (Fsp3) is 1.00. The zero-order valence-electron chi connectivity index (χ0n) is 4.39. The molecule has 0 radical (unpaired) electrons. The molecule has 2 rings (SSSR count).